The van der Waals surface area contributed by atoms with Gasteiger partial charge in [-0.05, 0) is 43.5 Å². The molecule has 1 aromatic heterocycles. The van der Waals surface area contributed by atoms with E-state index < -0.39 is 0 Å². The van der Waals surface area contributed by atoms with E-state index in [0.29, 0.717) is 17.0 Å². The molecule has 22 heavy (non-hydrogen) atoms. The maximum absolute atomic E-state index is 12.2. The molecule has 2 aromatic rings. The second kappa shape index (κ2) is 5.86. The molecule has 1 aliphatic rings. The van der Waals surface area contributed by atoms with Gasteiger partial charge in [-0.1, -0.05) is 23.7 Å². The summed E-state index contributed by atoms with van der Waals surface area (Å²) in [5.41, 5.74) is 1.78. The predicted molar refractivity (Wildman–Crippen MR) is 89.0 cm³/mol. The smallest absolute Gasteiger partial charge is 0.261 e. The fourth-order valence-corrected chi connectivity index (χ4v) is 3.57. The molecule has 0 aliphatic heterocycles. The maximum atomic E-state index is 12.2. The molecule has 5 heteroatoms. The molecule has 3 rings (SSSR count). The Hall–Kier alpha value is -1.65. The number of amides is 1. The van der Waals surface area contributed by atoms with Gasteiger partial charge in [-0.3, -0.25) is 9.59 Å². The number of Topliss-reactive ketones (excluding diaryl/α,β-unsaturated/α-hetero) is 1. The second-order valence-corrected chi connectivity index (χ2v) is 7.08. The zero-order valence-electron chi connectivity index (χ0n) is 12.2. The zero-order chi connectivity index (χ0) is 15.7. The van der Waals surface area contributed by atoms with Crippen LogP contribution in [0, 0.1) is 0 Å². The molecule has 3 nitrogen and oxygen atoms in total. The lowest BCUT2D eigenvalue weighted by atomic mass is 9.96. The first-order chi connectivity index (χ1) is 10.5. The van der Waals surface area contributed by atoms with Crippen LogP contribution in [0.5, 0.6) is 0 Å². The van der Waals surface area contributed by atoms with Crippen molar-refractivity contribution in [3.05, 3.63) is 56.7 Å². The maximum Gasteiger partial charge on any atom is 0.261 e. The zero-order valence-corrected chi connectivity index (χ0v) is 13.8. The lowest BCUT2D eigenvalue weighted by Gasteiger charge is -2.16. The summed E-state index contributed by atoms with van der Waals surface area (Å²) in [4.78, 5) is 24.1. The highest BCUT2D eigenvalue weighted by molar-refractivity contribution is 7.12. The number of carbonyl (C=O) groups is 2. The summed E-state index contributed by atoms with van der Waals surface area (Å²) >= 11 is 7.35. The van der Waals surface area contributed by atoms with Gasteiger partial charge in [0.25, 0.3) is 5.91 Å². The van der Waals surface area contributed by atoms with E-state index in [1.165, 1.54) is 23.8 Å². The van der Waals surface area contributed by atoms with Gasteiger partial charge in [0.15, 0.2) is 5.78 Å². The van der Waals surface area contributed by atoms with E-state index in [2.05, 4.69) is 11.4 Å². The van der Waals surface area contributed by atoms with E-state index in [-0.39, 0.29) is 17.1 Å². The van der Waals surface area contributed by atoms with Crippen molar-refractivity contribution in [2.24, 2.45) is 0 Å². The van der Waals surface area contributed by atoms with E-state index in [1.54, 1.807) is 11.4 Å². The van der Waals surface area contributed by atoms with E-state index in [9.17, 15) is 9.59 Å². The molecule has 1 saturated carbocycles. The highest BCUT2D eigenvalue weighted by Crippen LogP contribution is 2.48. The summed E-state index contributed by atoms with van der Waals surface area (Å²) in [7, 11) is 0. The fraction of sp³-hybridized carbons (Fsp3) is 0.294. The van der Waals surface area contributed by atoms with E-state index in [4.69, 9.17) is 11.6 Å². The minimum Gasteiger partial charge on any atom is -0.350 e. The number of halogens is 1. The van der Waals surface area contributed by atoms with Crippen LogP contribution in [0.2, 0.25) is 5.02 Å². The first-order valence-electron chi connectivity index (χ1n) is 7.14. The molecule has 1 fully saturated rings. The number of hydrogen-bond donors (Lipinski definition) is 1. The third kappa shape index (κ3) is 3.08. The third-order valence-electron chi connectivity index (χ3n) is 4.11. The number of hydrogen-bond acceptors (Lipinski definition) is 3. The van der Waals surface area contributed by atoms with Gasteiger partial charge in [-0.25, -0.2) is 0 Å². The standard InChI is InChI=1S/C17H16ClNO2S/c1-11(20)12-7-15(22-9-12)16(21)19-10-17(5-6-17)13-3-2-4-14(18)8-13/h2-4,7-9H,5-6,10H2,1H3,(H,19,21). The van der Waals surface area contributed by atoms with Crippen molar-refractivity contribution < 1.29 is 9.59 Å². The van der Waals surface area contributed by atoms with Gasteiger partial charge in [-0.2, -0.15) is 0 Å². The molecule has 1 amide bonds. The average Bonchev–Trinajstić information content (AvgIpc) is 3.11. The van der Waals surface area contributed by atoms with Crippen LogP contribution in [0.1, 0.15) is 45.4 Å². The van der Waals surface area contributed by atoms with Crippen LogP contribution in [0.3, 0.4) is 0 Å². The normalized spacial score (nSPS) is 15.4. The molecular formula is C17H16ClNO2S. The van der Waals surface area contributed by atoms with Crippen molar-refractivity contribution in [1.82, 2.24) is 5.32 Å². The van der Waals surface area contributed by atoms with Crippen molar-refractivity contribution in [2.45, 2.75) is 25.2 Å². The summed E-state index contributed by atoms with van der Waals surface area (Å²) < 4.78 is 0. The van der Waals surface area contributed by atoms with Crippen molar-refractivity contribution in [3.63, 3.8) is 0 Å². The monoisotopic (exact) mass is 333 g/mol. The molecule has 1 N–H and O–H groups in total. The molecule has 0 spiro atoms. The van der Waals surface area contributed by atoms with Crippen molar-refractivity contribution >= 4 is 34.6 Å². The number of nitrogens with one attached hydrogen (secondary N) is 1. The molecular weight excluding hydrogens is 318 g/mol. The molecule has 1 aliphatic carbocycles. The van der Waals surface area contributed by atoms with Gasteiger partial charge in [-0.15, -0.1) is 11.3 Å². The largest absolute Gasteiger partial charge is 0.350 e. The molecule has 0 radical (unpaired) electrons. The third-order valence-corrected chi connectivity index (χ3v) is 5.27. The number of rotatable bonds is 5. The van der Waals surface area contributed by atoms with Crippen molar-refractivity contribution in [3.8, 4) is 0 Å². The second-order valence-electron chi connectivity index (χ2n) is 5.73. The first-order valence-corrected chi connectivity index (χ1v) is 8.40. The van der Waals surface area contributed by atoms with Crippen LogP contribution in [0.15, 0.2) is 35.7 Å². The average molecular weight is 334 g/mol. The number of thiophene rings is 1. The summed E-state index contributed by atoms with van der Waals surface area (Å²) in [5, 5.41) is 5.43. The van der Waals surface area contributed by atoms with Gasteiger partial charge in [0.2, 0.25) is 0 Å². The van der Waals surface area contributed by atoms with Crippen molar-refractivity contribution in [1.29, 1.82) is 0 Å². The molecule has 0 saturated heterocycles. The molecule has 1 aromatic carbocycles. The molecule has 1 heterocycles. The van der Waals surface area contributed by atoms with Crippen LogP contribution < -0.4 is 5.32 Å². The minimum absolute atomic E-state index is 0.0151. The van der Waals surface area contributed by atoms with Gasteiger partial charge in [0.1, 0.15) is 0 Å². The van der Waals surface area contributed by atoms with Gasteiger partial charge >= 0.3 is 0 Å². The minimum atomic E-state index is -0.120. The van der Waals surface area contributed by atoms with Gasteiger partial charge in [0.05, 0.1) is 4.88 Å². The lowest BCUT2D eigenvalue weighted by Crippen LogP contribution is -2.31. The van der Waals surface area contributed by atoms with Crippen LogP contribution in [0.25, 0.3) is 0 Å². The van der Waals surface area contributed by atoms with Gasteiger partial charge < -0.3 is 5.32 Å². The van der Waals surface area contributed by atoms with Crippen LogP contribution in [-0.2, 0) is 5.41 Å². The number of benzene rings is 1. The topological polar surface area (TPSA) is 46.2 Å². The van der Waals surface area contributed by atoms with Crippen LogP contribution in [-0.4, -0.2) is 18.2 Å². The predicted octanol–water partition coefficient (Wildman–Crippen LogP) is 4.07. The van der Waals surface area contributed by atoms with E-state index in [1.807, 2.05) is 18.2 Å². The lowest BCUT2D eigenvalue weighted by molar-refractivity contribution is 0.0953. The summed E-state index contributed by atoms with van der Waals surface area (Å²) in [6.45, 7) is 2.10. The van der Waals surface area contributed by atoms with Crippen LogP contribution in [0.4, 0.5) is 0 Å². The summed E-state index contributed by atoms with van der Waals surface area (Å²) in [6.07, 6.45) is 2.10. The number of carbonyl (C=O) groups excluding carboxylic acids is 2. The SMILES string of the molecule is CC(=O)c1csc(C(=O)NCC2(c3cccc(Cl)c3)CC2)c1. The van der Waals surface area contributed by atoms with Crippen molar-refractivity contribution in [2.75, 3.05) is 6.54 Å². The Morgan fingerprint density at radius 2 is 2.09 bits per heavy atom. The Labute approximate surface area is 138 Å². The highest BCUT2D eigenvalue weighted by Gasteiger charge is 2.44. The Balaban J connectivity index is 1.67. The highest BCUT2D eigenvalue weighted by atomic mass is 35.5. The quantitative estimate of drug-likeness (QED) is 0.838. The first kappa shape index (κ1) is 15.3. The summed E-state index contributed by atoms with van der Waals surface area (Å²) in [5.74, 6) is -0.140. The Morgan fingerprint density at radius 3 is 2.68 bits per heavy atom. The Bertz CT molecular complexity index is 734. The molecule has 0 atom stereocenters. The molecule has 0 unspecified atom stereocenters. The van der Waals surface area contributed by atoms with E-state index >= 15 is 0 Å². The number of ketones is 1. The Kier molecular flexibility index (Phi) is 4.06. The summed E-state index contributed by atoms with van der Waals surface area (Å²) in [6, 6.07) is 9.48. The molecule has 0 bridgehead atoms. The van der Waals surface area contributed by atoms with E-state index in [0.717, 1.165) is 17.9 Å². The van der Waals surface area contributed by atoms with Crippen LogP contribution >= 0.6 is 22.9 Å². The Morgan fingerprint density at radius 1 is 1.32 bits per heavy atom. The molecule has 114 valence electrons. The fourth-order valence-electron chi connectivity index (χ4n) is 2.51. The van der Waals surface area contributed by atoms with Gasteiger partial charge in [0, 0.05) is 27.9 Å².